The number of aromatic nitrogens is 3. The molecule has 3 aromatic rings. The van der Waals surface area contributed by atoms with E-state index in [4.69, 9.17) is 14.2 Å². The fourth-order valence-corrected chi connectivity index (χ4v) is 2.47. The molecule has 9 nitrogen and oxygen atoms in total. The number of esters is 1. The summed E-state index contributed by atoms with van der Waals surface area (Å²) in [7, 11) is 4.48. The van der Waals surface area contributed by atoms with Gasteiger partial charge in [-0.2, -0.15) is 10.1 Å². The van der Waals surface area contributed by atoms with Crippen LogP contribution < -0.4 is 20.1 Å². The van der Waals surface area contributed by atoms with Crippen LogP contribution in [0.15, 0.2) is 48.7 Å². The molecule has 0 aliphatic rings. The molecule has 9 heteroatoms. The molecule has 0 amide bonds. The number of benzene rings is 2. The van der Waals surface area contributed by atoms with E-state index in [2.05, 4.69) is 25.8 Å². The molecule has 0 unspecified atom stereocenters. The molecule has 3 rings (SSSR count). The zero-order valence-electron chi connectivity index (χ0n) is 15.6. The second-order valence-electron chi connectivity index (χ2n) is 5.52. The summed E-state index contributed by atoms with van der Waals surface area (Å²) in [6.45, 7) is 0. The fraction of sp³-hybridized carbons (Fsp3) is 0.158. The Morgan fingerprint density at radius 2 is 1.79 bits per heavy atom. The molecule has 0 bridgehead atoms. The van der Waals surface area contributed by atoms with Gasteiger partial charge in [-0.15, -0.1) is 5.10 Å². The highest BCUT2D eigenvalue weighted by atomic mass is 16.5. The van der Waals surface area contributed by atoms with Crippen LogP contribution in [0.4, 0.5) is 23.1 Å². The summed E-state index contributed by atoms with van der Waals surface area (Å²) in [5.41, 5.74) is 1.52. The first kappa shape index (κ1) is 18.9. The number of carbonyl (C=O) groups excluding carboxylic acids is 1. The molecule has 28 heavy (non-hydrogen) atoms. The number of nitrogens with one attached hydrogen (secondary N) is 2. The molecular weight excluding hydrogens is 362 g/mol. The second-order valence-corrected chi connectivity index (χ2v) is 5.52. The fourth-order valence-electron chi connectivity index (χ4n) is 2.47. The van der Waals surface area contributed by atoms with Crippen LogP contribution in [0, 0.1) is 0 Å². The van der Waals surface area contributed by atoms with E-state index in [-0.39, 0.29) is 5.95 Å². The minimum absolute atomic E-state index is 0.211. The summed E-state index contributed by atoms with van der Waals surface area (Å²) in [5.74, 6) is 1.45. The molecule has 0 saturated carbocycles. The van der Waals surface area contributed by atoms with Gasteiger partial charge in [-0.1, -0.05) is 12.1 Å². The van der Waals surface area contributed by atoms with Crippen LogP contribution in [0.2, 0.25) is 0 Å². The van der Waals surface area contributed by atoms with Crippen LogP contribution in [0.25, 0.3) is 0 Å². The van der Waals surface area contributed by atoms with Gasteiger partial charge in [0.1, 0.15) is 11.5 Å². The quantitative estimate of drug-likeness (QED) is 0.597. The molecule has 0 atom stereocenters. The second kappa shape index (κ2) is 8.67. The molecule has 0 spiro atoms. The molecule has 144 valence electrons. The lowest BCUT2D eigenvalue weighted by molar-refractivity contribution is 0.0602. The van der Waals surface area contributed by atoms with E-state index >= 15 is 0 Å². The maximum absolute atomic E-state index is 11.9. The largest absolute Gasteiger partial charge is 0.497 e. The number of nitrogens with zero attached hydrogens (tertiary/aromatic N) is 3. The monoisotopic (exact) mass is 381 g/mol. The van der Waals surface area contributed by atoms with Crippen molar-refractivity contribution in [2.24, 2.45) is 0 Å². The number of anilines is 4. The molecule has 1 heterocycles. The topological polar surface area (TPSA) is 107 Å². The number of rotatable bonds is 7. The molecule has 0 saturated heterocycles. The van der Waals surface area contributed by atoms with Crippen molar-refractivity contribution in [1.82, 2.24) is 15.2 Å². The van der Waals surface area contributed by atoms with E-state index in [0.29, 0.717) is 34.3 Å². The Hall–Kier alpha value is -3.88. The molecule has 0 radical (unpaired) electrons. The van der Waals surface area contributed by atoms with Crippen molar-refractivity contribution in [2.45, 2.75) is 0 Å². The van der Waals surface area contributed by atoms with E-state index in [0.717, 1.165) is 0 Å². The van der Waals surface area contributed by atoms with Gasteiger partial charge in [0.15, 0.2) is 5.82 Å². The Kier molecular flexibility index (Phi) is 5.85. The summed E-state index contributed by atoms with van der Waals surface area (Å²) in [6, 6.07) is 12.2. The summed E-state index contributed by atoms with van der Waals surface area (Å²) < 4.78 is 15.4. The average Bonchev–Trinajstić information content (AvgIpc) is 2.73. The molecule has 1 aromatic heterocycles. The number of carbonyl (C=O) groups is 1. The number of hydrogen-bond donors (Lipinski definition) is 2. The number of methoxy groups -OCH3 is 3. The van der Waals surface area contributed by atoms with E-state index < -0.39 is 5.97 Å². The highest BCUT2D eigenvalue weighted by molar-refractivity contribution is 5.96. The molecule has 2 N–H and O–H groups in total. The molecule has 0 aliphatic heterocycles. The van der Waals surface area contributed by atoms with Crippen molar-refractivity contribution < 1.29 is 19.0 Å². The van der Waals surface area contributed by atoms with Crippen molar-refractivity contribution in [1.29, 1.82) is 0 Å². The van der Waals surface area contributed by atoms with E-state index in [1.165, 1.54) is 13.3 Å². The van der Waals surface area contributed by atoms with Crippen molar-refractivity contribution in [3.05, 3.63) is 54.2 Å². The van der Waals surface area contributed by atoms with Gasteiger partial charge in [0.25, 0.3) is 0 Å². The third-order valence-corrected chi connectivity index (χ3v) is 3.81. The van der Waals surface area contributed by atoms with Crippen LogP contribution in [-0.2, 0) is 4.74 Å². The Balaban J connectivity index is 1.85. The zero-order chi connectivity index (χ0) is 19.9. The SMILES string of the molecule is COC(=O)c1ccccc1Nc1nncc(Nc2cc(OC)ccc2OC)n1. The number of ether oxygens (including phenoxy) is 3. The van der Waals surface area contributed by atoms with Gasteiger partial charge in [0.2, 0.25) is 5.95 Å². The average molecular weight is 381 g/mol. The van der Waals surface area contributed by atoms with E-state index in [1.54, 1.807) is 56.7 Å². The predicted octanol–water partition coefficient (Wildman–Crippen LogP) is 3.16. The number of para-hydroxylation sites is 1. The van der Waals surface area contributed by atoms with Gasteiger partial charge < -0.3 is 24.8 Å². The number of hydrogen-bond acceptors (Lipinski definition) is 9. The van der Waals surface area contributed by atoms with Crippen molar-refractivity contribution in [3.63, 3.8) is 0 Å². The maximum Gasteiger partial charge on any atom is 0.339 e. The van der Waals surface area contributed by atoms with Gasteiger partial charge in [-0.3, -0.25) is 0 Å². The molecule has 0 aliphatic carbocycles. The normalized spacial score (nSPS) is 10.1. The summed E-state index contributed by atoms with van der Waals surface area (Å²) in [6.07, 6.45) is 1.47. The third kappa shape index (κ3) is 4.26. The van der Waals surface area contributed by atoms with E-state index in [1.807, 2.05) is 0 Å². The van der Waals surface area contributed by atoms with Crippen LogP contribution in [0.1, 0.15) is 10.4 Å². The lowest BCUT2D eigenvalue weighted by Crippen LogP contribution is -2.08. The smallest absolute Gasteiger partial charge is 0.339 e. The Bertz CT molecular complexity index is 980. The van der Waals surface area contributed by atoms with Gasteiger partial charge in [0, 0.05) is 6.07 Å². The Labute approximate surface area is 161 Å². The predicted molar refractivity (Wildman–Crippen MR) is 104 cm³/mol. The lowest BCUT2D eigenvalue weighted by Gasteiger charge is -2.13. The summed E-state index contributed by atoms with van der Waals surface area (Å²) in [4.78, 5) is 16.3. The van der Waals surface area contributed by atoms with Crippen LogP contribution in [0.3, 0.4) is 0 Å². The highest BCUT2D eigenvalue weighted by Gasteiger charge is 2.13. The van der Waals surface area contributed by atoms with Gasteiger partial charge in [-0.05, 0) is 24.3 Å². The molecule has 0 fully saturated rings. The third-order valence-electron chi connectivity index (χ3n) is 3.81. The molecular formula is C19H19N5O4. The highest BCUT2D eigenvalue weighted by Crippen LogP contribution is 2.31. The van der Waals surface area contributed by atoms with Crippen molar-refractivity contribution >= 4 is 29.1 Å². The minimum Gasteiger partial charge on any atom is -0.497 e. The van der Waals surface area contributed by atoms with Crippen molar-refractivity contribution in [3.8, 4) is 11.5 Å². The minimum atomic E-state index is -0.466. The van der Waals surface area contributed by atoms with Crippen molar-refractivity contribution in [2.75, 3.05) is 32.0 Å². The summed E-state index contributed by atoms with van der Waals surface area (Å²) >= 11 is 0. The lowest BCUT2D eigenvalue weighted by atomic mass is 10.2. The summed E-state index contributed by atoms with van der Waals surface area (Å²) in [5, 5.41) is 14.0. The van der Waals surface area contributed by atoms with Crippen LogP contribution in [-0.4, -0.2) is 42.5 Å². The van der Waals surface area contributed by atoms with Gasteiger partial charge in [-0.25, -0.2) is 4.79 Å². The zero-order valence-corrected chi connectivity index (χ0v) is 15.6. The Morgan fingerprint density at radius 1 is 0.964 bits per heavy atom. The maximum atomic E-state index is 11.9. The van der Waals surface area contributed by atoms with Gasteiger partial charge in [0.05, 0.1) is 44.5 Å². The standard InChI is InChI=1S/C19H19N5O4/c1-26-12-8-9-16(27-2)15(10-12)21-17-11-20-24-19(23-17)22-14-7-5-4-6-13(14)18(25)28-3/h4-11H,1-3H3,(H2,21,22,23,24). The molecule has 2 aromatic carbocycles. The first-order chi connectivity index (χ1) is 13.6. The first-order valence-electron chi connectivity index (χ1n) is 8.27. The Morgan fingerprint density at radius 3 is 2.54 bits per heavy atom. The van der Waals surface area contributed by atoms with Crippen LogP contribution >= 0.6 is 0 Å². The van der Waals surface area contributed by atoms with Crippen LogP contribution in [0.5, 0.6) is 11.5 Å². The van der Waals surface area contributed by atoms with Gasteiger partial charge >= 0.3 is 5.97 Å². The van der Waals surface area contributed by atoms with E-state index in [9.17, 15) is 4.79 Å². The first-order valence-corrected chi connectivity index (χ1v) is 8.27.